The van der Waals surface area contributed by atoms with Crippen molar-refractivity contribution >= 4 is 13.6 Å². The van der Waals surface area contributed by atoms with Crippen molar-refractivity contribution in [1.82, 2.24) is 0 Å². The van der Waals surface area contributed by atoms with E-state index in [4.69, 9.17) is 19.0 Å². The first-order chi connectivity index (χ1) is 13.5. The summed E-state index contributed by atoms with van der Waals surface area (Å²) >= 11 is 0. The Morgan fingerprint density at radius 2 is 1.89 bits per heavy atom. The molecule has 4 aliphatic rings. The van der Waals surface area contributed by atoms with Crippen molar-refractivity contribution in [3.8, 4) is 11.8 Å². The number of phosphoric acid groups is 1. The van der Waals surface area contributed by atoms with E-state index >= 15 is 0 Å². The molecule has 1 aromatic rings. The number of ether oxygens (including phenoxy) is 1. The highest BCUT2D eigenvalue weighted by Crippen LogP contribution is 2.58. The third-order valence-electron chi connectivity index (χ3n) is 6.26. The standard InChI is InChI=1S/C21H26NO5P/c1-25-21(20-17-9-14-8-15(11-17)12-18(20)10-14)16-4-2-5-19(13-16)27-28(23,24)26-7-3-6-22/h2,4-5,13-15,17-18H,3,7-12H2,1H3,(H,23,24)/p-1. The molecule has 0 aliphatic heterocycles. The molecule has 1 atom stereocenters. The van der Waals surface area contributed by atoms with Crippen molar-refractivity contribution in [2.75, 3.05) is 13.7 Å². The molecule has 0 spiro atoms. The second kappa shape index (κ2) is 7.91. The maximum atomic E-state index is 12.0. The van der Waals surface area contributed by atoms with Crippen LogP contribution in [-0.4, -0.2) is 13.7 Å². The van der Waals surface area contributed by atoms with Gasteiger partial charge in [0.15, 0.2) is 0 Å². The van der Waals surface area contributed by atoms with Crippen LogP contribution in [0.1, 0.15) is 44.1 Å². The monoisotopic (exact) mass is 402 g/mol. The van der Waals surface area contributed by atoms with Crippen molar-refractivity contribution in [2.24, 2.45) is 23.7 Å². The summed E-state index contributed by atoms with van der Waals surface area (Å²) in [7, 11) is -2.83. The van der Waals surface area contributed by atoms with E-state index in [-0.39, 0.29) is 18.8 Å². The fourth-order valence-corrected chi connectivity index (χ4v) is 6.26. The molecule has 0 saturated heterocycles. The fraction of sp³-hybridized carbons (Fsp3) is 0.571. The first-order valence-corrected chi connectivity index (χ1v) is 11.4. The van der Waals surface area contributed by atoms with Gasteiger partial charge < -0.3 is 18.7 Å². The number of hydrogen-bond acceptors (Lipinski definition) is 6. The average molecular weight is 402 g/mol. The van der Waals surface area contributed by atoms with Gasteiger partial charge in [-0.2, -0.15) is 5.26 Å². The molecule has 4 saturated carbocycles. The summed E-state index contributed by atoms with van der Waals surface area (Å²) < 4.78 is 27.6. The Bertz CT molecular complexity index is 829. The van der Waals surface area contributed by atoms with Gasteiger partial charge >= 0.3 is 7.82 Å². The fourth-order valence-electron chi connectivity index (χ4n) is 5.52. The third kappa shape index (κ3) is 3.98. The molecule has 5 rings (SSSR count). The number of rotatable bonds is 7. The predicted molar refractivity (Wildman–Crippen MR) is 102 cm³/mol. The van der Waals surface area contributed by atoms with Gasteiger partial charge in [-0.15, -0.1) is 0 Å². The largest absolute Gasteiger partial charge is 0.746 e. The van der Waals surface area contributed by atoms with Gasteiger partial charge in [-0.25, -0.2) is 0 Å². The van der Waals surface area contributed by atoms with Crippen LogP contribution in [0.15, 0.2) is 29.8 Å². The van der Waals surface area contributed by atoms with E-state index in [0.717, 1.165) is 23.2 Å². The number of allylic oxidation sites excluding steroid dienone is 1. The number of hydrogen-bond donors (Lipinski definition) is 0. The van der Waals surface area contributed by atoms with Gasteiger partial charge in [-0.05, 0) is 73.5 Å². The lowest BCUT2D eigenvalue weighted by Crippen LogP contribution is -2.40. The molecule has 0 N–H and O–H groups in total. The lowest BCUT2D eigenvalue weighted by atomic mass is 9.54. The van der Waals surface area contributed by atoms with Crippen LogP contribution in [0.5, 0.6) is 5.75 Å². The van der Waals surface area contributed by atoms with Crippen LogP contribution in [0.2, 0.25) is 0 Å². The van der Waals surface area contributed by atoms with E-state index in [2.05, 4.69) is 0 Å². The molecule has 4 aliphatic carbocycles. The van der Waals surface area contributed by atoms with Crippen molar-refractivity contribution in [1.29, 1.82) is 5.26 Å². The summed E-state index contributed by atoms with van der Waals surface area (Å²) in [5, 5.41) is 8.51. The van der Waals surface area contributed by atoms with E-state index < -0.39 is 7.82 Å². The highest BCUT2D eigenvalue weighted by Gasteiger charge is 2.46. The van der Waals surface area contributed by atoms with Crippen LogP contribution < -0.4 is 9.42 Å². The van der Waals surface area contributed by atoms with Crippen LogP contribution in [0.4, 0.5) is 0 Å². The average Bonchev–Trinajstić information content (AvgIpc) is 2.64. The molecule has 28 heavy (non-hydrogen) atoms. The molecule has 0 radical (unpaired) electrons. The normalized spacial score (nSPS) is 29.8. The Kier molecular flexibility index (Phi) is 5.51. The van der Waals surface area contributed by atoms with Gasteiger partial charge in [-0.1, -0.05) is 12.1 Å². The summed E-state index contributed by atoms with van der Waals surface area (Å²) in [6, 6.07) is 8.79. The molecule has 4 bridgehead atoms. The minimum Gasteiger partial charge on any atom is -0.746 e. The third-order valence-corrected chi connectivity index (χ3v) is 7.19. The lowest BCUT2D eigenvalue weighted by molar-refractivity contribution is -0.216. The quantitative estimate of drug-likeness (QED) is 0.384. The van der Waals surface area contributed by atoms with Gasteiger partial charge in [0.1, 0.15) is 11.5 Å². The van der Waals surface area contributed by atoms with E-state index in [0.29, 0.717) is 11.8 Å². The molecule has 0 aromatic heterocycles. The molecule has 0 amide bonds. The Labute approximate surface area is 165 Å². The Balaban J connectivity index is 1.58. The van der Waals surface area contributed by atoms with Crippen molar-refractivity contribution in [2.45, 2.75) is 38.5 Å². The second-order valence-corrected chi connectivity index (χ2v) is 9.44. The number of methoxy groups -OCH3 is 1. The summed E-state index contributed by atoms with van der Waals surface area (Å²) in [5.41, 5.74) is 2.24. The SMILES string of the molecule is COC(=C1C2CC3CC(C2)CC1C3)c1cccc(OP(=O)([O-])OCCC#N)c1. The van der Waals surface area contributed by atoms with Crippen molar-refractivity contribution < 1.29 is 23.2 Å². The van der Waals surface area contributed by atoms with Crippen LogP contribution in [0.25, 0.3) is 5.76 Å². The molecule has 1 aromatic carbocycles. The van der Waals surface area contributed by atoms with Gasteiger partial charge in [0, 0.05) is 5.56 Å². The first-order valence-electron chi connectivity index (χ1n) is 9.89. The summed E-state index contributed by atoms with van der Waals surface area (Å²) in [6.45, 7) is -0.212. The van der Waals surface area contributed by atoms with E-state index in [1.54, 1.807) is 25.3 Å². The van der Waals surface area contributed by atoms with E-state index in [1.165, 1.54) is 37.7 Å². The molecular weight excluding hydrogens is 377 g/mol. The first kappa shape index (κ1) is 19.5. The number of nitriles is 1. The zero-order valence-electron chi connectivity index (χ0n) is 16.0. The Morgan fingerprint density at radius 3 is 2.50 bits per heavy atom. The number of benzene rings is 1. The van der Waals surface area contributed by atoms with Gasteiger partial charge in [0.05, 0.1) is 26.2 Å². The Hall–Kier alpha value is -1.80. The Morgan fingerprint density at radius 1 is 1.21 bits per heavy atom. The van der Waals surface area contributed by atoms with Crippen molar-refractivity contribution in [3.05, 3.63) is 35.4 Å². The summed E-state index contributed by atoms with van der Waals surface area (Å²) in [4.78, 5) is 12.0. The molecule has 6 nitrogen and oxygen atoms in total. The zero-order valence-corrected chi connectivity index (χ0v) is 16.9. The maximum Gasteiger partial charge on any atom is 0.319 e. The van der Waals surface area contributed by atoms with Gasteiger partial charge in [0.2, 0.25) is 0 Å². The van der Waals surface area contributed by atoms with Crippen LogP contribution >= 0.6 is 7.82 Å². The van der Waals surface area contributed by atoms with E-state index in [1.807, 2.05) is 12.1 Å². The van der Waals surface area contributed by atoms with Crippen molar-refractivity contribution in [3.63, 3.8) is 0 Å². The molecule has 0 heterocycles. The molecule has 150 valence electrons. The predicted octanol–water partition coefficient (Wildman–Crippen LogP) is 4.28. The highest BCUT2D eigenvalue weighted by atomic mass is 31.2. The minimum absolute atomic E-state index is 0.0136. The number of phosphoric ester groups is 1. The van der Waals surface area contributed by atoms with E-state index in [9.17, 15) is 9.46 Å². The van der Waals surface area contributed by atoms with Crippen LogP contribution in [0, 0.1) is 35.0 Å². The summed E-state index contributed by atoms with van der Waals surface area (Å²) in [6.07, 6.45) is 6.35. The maximum absolute atomic E-state index is 12.0. The molecule has 1 unspecified atom stereocenters. The van der Waals surface area contributed by atoms with Crippen LogP contribution in [0.3, 0.4) is 0 Å². The zero-order chi connectivity index (χ0) is 19.7. The summed E-state index contributed by atoms with van der Waals surface area (Å²) in [5.74, 6) is 3.93. The van der Waals surface area contributed by atoms with Crippen LogP contribution in [-0.2, 0) is 13.8 Å². The second-order valence-electron chi connectivity index (χ2n) is 8.10. The van der Waals surface area contributed by atoms with Gasteiger partial charge in [-0.3, -0.25) is 4.57 Å². The molecule has 7 heteroatoms. The van der Waals surface area contributed by atoms with Gasteiger partial charge in [0.25, 0.3) is 0 Å². The minimum atomic E-state index is -4.51. The number of nitrogens with zero attached hydrogens (tertiary/aromatic N) is 1. The highest BCUT2D eigenvalue weighted by molar-refractivity contribution is 7.46. The molecule has 4 fully saturated rings. The molecular formula is C21H25NO5P-. The topological polar surface area (TPSA) is 91.6 Å². The lowest BCUT2D eigenvalue weighted by Gasteiger charge is -2.51. The smallest absolute Gasteiger partial charge is 0.319 e.